The molecule has 2 N–H and O–H groups in total. The topological polar surface area (TPSA) is 67.4 Å². The molecule has 1 aliphatic rings. The minimum Gasteiger partial charge on any atom is -0.497 e. The molecule has 0 heterocycles. The van der Waals surface area contributed by atoms with Crippen LogP contribution in [-0.2, 0) is 16.0 Å². The van der Waals surface area contributed by atoms with Gasteiger partial charge in [0.05, 0.1) is 18.9 Å². The molecule has 2 amide bonds. The summed E-state index contributed by atoms with van der Waals surface area (Å²) >= 11 is 0. The van der Waals surface area contributed by atoms with Crippen LogP contribution in [0, 0.1) is 18.8 Å². The summed E-state index contributed by atoms with van der Waals surface area (Å²) in [5.74, 6) is 0.263. The van der Waals surface area contributed by atoms with E-state index in [4.69, 9.17) is 4.74 Å². The number of carbonyl (C=O) groups excluding carboxylic acids is 2. The number of rotatable bonds is 7. The Hall–Kier alpha value is -2.82. The molecular formula is C21H24N2O3. The fourth-order valence-electron chi connectivity index (χ4n) is 2.90. The molecule has 2 atom stereocenters. The monoisotopic (exact) mass is 352 g/mol. The van der Waals surface area contributed by atoms with Crippen molar-refractivity contribution >= 4 is 17.5 Å². The Morgan fingerprint density at radius 2 is 1.65 bits per heavy atom. The molecule has 0 saturated heterocycles. The molecule has 5 nitrogen and oxygen atoms in total. The lowest BCUT2D eigenvalue weighted by molar-refractivity contribution is -0.125. The van der Waals surface area contributed by atoms with Crippen LogP contribution in [0.3, 0.4) is 0 Å². The van der Waals surface area contributed by atoms with Gasteiger partial charge in [-0.2, -0.15) is 0 Å². The van der Waals surface area contributed by atoms with Gasteiger partial charge in [0.25, 0.3) is 0 Å². The van der Waals surface area contributed by atoms with E-state index in [9.17, 15) is 9.59 Å². The van der Waals surface area contributed by atoms with Gasteiger partial charge in [-0.1, -0.05) is 29.8 Å². The third-order valence-electron chi connectivity index (χ3n) is 4.66. The maximum absolute atomic E-state index is 12.2. The van der Waals surface area contributed by atoms with Gasteiger partial charge in [-0.05, 0) is 49.6 Å². The fraction of sp³-hybridized carbons (Fsp3) is 0.333. The van der Waals surface area contributed by atoms with Crippen molar-refractivity contribution in [2.45, 2.75) is 19.8 Å². The molecule has 2 unspecified atom stereocenters. The smallest absolute Gasteiger partial charge is 0.228 e. The lowest BCUT2D eigenvalue weighted by atomic mass is 10.1. The van der Waals surface area contributed by atoms with E-state index in [0.29, 0.717) is 13.0 Å². The lowest BCUT2D eigenvalue weighted by Crippen LogP contribution is -2.29. The van der Waals surface area contributed by atoms with Crippen LogP contribution in [-0.4, -0.2) is 25.5 Å². The number of hydrogen-bond donors (Lipinski definition) is 2. The molecule has 0 aliphatic heterocycles. The van der Waals surface area contributed by atoms with Crippen LogP contribution in [0.25, 0.3) is 0 Å². The molecule has 2 aromatic rings. The van der Waals surface area contributed by atoms with Gasteiger partial charge in [0.2, 0.25) is 11.8 Å². The summed E-state index contributed by atoms with van der Waals surface area (Å²) in [6.07, 6.45) is 1.37. The van der Waals surface area contributed by atoms with Gasteiger partial charge in [0.1, 0.15) is 5.75 Å². The van der Waals surface area contributed by atoms with E-state index in [1.165, 1.54) is 0 Å². The van der Waals surface area contributed by atoms with Crippen LogP contribution in [0.1, 0.15) is 17.5 Å². The van der Waals surface area contributed by atoms with Crippen molar-refractivity contribution in [1.29, 1.82) is 0 Å². The van der Waals surface area contributed by atoms with Crippen molar-refractivity contribution in [1.82, 2.24) is 5.32 Å². The number of amides is 2. The van der Waals surface area contributed by atoms with Crippen molar-refractivity contribution in [3.8, 4) is 5.75 Å². The minimum absolute atomic E-state index is 0.0393. The number of nitrogens with one attached hydrogen (secondary N) is 2. The van der Waals surface area contributed by atoms with E-state index in [1.807, 2.05) is 55.5 Å². The zero-order chi connectivity index (χ0) is 18.5. The standard InChI is InChI=1S/C21H24N2O3/c1-14-3-7-16(8-4-14)23-21(25)19-13-18(19)20(24)22-12-11-15-5-9-17(26-2)10-6-15/h3-10,18-19H,11-13H2,1-2H3,(H,22,24)(H,23,25). The van der Waals surface area contributed by atoms with Gasteiger partial charge in [-0.3, -0.25) is 9.59 Å². The van der Waals surface area contributed by atoms with Crippen molar-refractivity contribution in [2.75, 3.05) is 19.0 Å². The number of hydrogen-bond acceptors (Lipinski definition) is 3. The molecule has 1 aliphatic carbocycles. The SMILES string of the molecule is COc1ccc(CCNC(=O)C2CC2C(=O)Nc2ccc(C)cc2)cc1. The Morgan fingerprint density at radius 3 is 2.31 bits per heavy atom. The minimum atomic E-state index is -0.225. The first-order chi connectivity index (χ1) is 12.6. The van der Waals surface area contributed by atoms with Gasteiger partial charge >= 0.3 is 0 Å². The maximum atomic E-state index is 12.2. The zero-order valence-corrected chi connectivity index (χ0v) is 15.1. The largest absolute Gasteiger partial charge is 0.497 e. The molecule has 5 heteroatoms. The van der Waals surface area contributed by atoms with E-state index >= 15 is 0 Å². The Kier molecular flexibility index (Phi) is 5.56. The first-order valence-electron chi connectivity index (χ1n) is 8.85. The summed E-state index contributed by atoms with van der Waals surface area (Å²) in [7, 11) is 1.64. The van der Waals surface area contributed by atoms with Gasteiger partial charge in [-0.15, -0.1) is 0 Å². The first kappa shape index (κ1) is 18.0. The Balaban J connectivity index is 1.40. The second-order valence-corrected chi connectivity index (χ2v) is 6.69. The molecule has 2 aromatic carbocycles. The first-order valence-corrected chi connectivity index (χ1v) is 8.85. The molecule has 0 aromatic heterocycles. The third kappa shape index (κ3) is 4.63. The maximum Gasteiger partial charge on any atom is 0.228 e. The zero-order valence-electron chi connectivity index (χ0n) is 15.1. The van der Waals surface area contributed by atoms with E-state index in [2.05, 4.69) is 10.6 Å². The summed E-state index contributed by atoms with van der Waals surface area (Å²) in [6, 6.07) is 15.4. The van der Waals surface area contributed by atoms with Gasteiger partial charge < -0.3 is 15.4 Å². The second-order valence-electron chi connectivity index (χ2n) is 6.69. The van der Waals surface area contributed by atoms with Crippen LogP contribution in [0.4, 0.5) is 5.69 Å². The van der Waals surface area contributed by atoms with E-state index in [1.54, 1.807) is 7.11 Å². The molecule has 26 heavy (non-hydrogen) atoms. The second kappa shape index (κ2) is 8.04. The molecule has 0 bridgehead atoms. The third-order valence-corrected chi connectivity index (χ3v) is 4.66. The molecular weight excluding hydrogens is 328 g/mol. The predicted octanol–water partition coefficient (Wildman–Crippen LogP) is 2.94. The Labute approximate surface area is 153 Å². The Morgan fingerprint density at radius 1 is 1.00 bits per heavy atom. The molecule has 1 saturated carbocycles. The Bertz CT molecular complexity index is 769. The molecule has 0 spiro atoms. The molecule has 3 rings (SSSR count). The fourth-order valence-corrected chi connectivity index (χ4v) is 2.90. The van der Waals surface area contributed by atoms with E-state index in [-0.39, 0.29) is 23.7 Å². The number of aryl methyl sites for hydroxylation is 1. The number of carbonyl (C=O) groups is 2. The van der Waals surface area contributed by atoms with E-state index < -0.39 is 0 Å². The summed E-state index contributed by atoms with van der Waals surface area (Å²) in [5, 5.41) is 5.81. The normalized spacial score (nSPS) is 18.1. The number of ether oxygens (including phenoxy) is 1. The summed E-state index contributed by atoms with van der Waals surface area (Å²) in [6.45, 7) is 2.56. The molecule has 1 fully saturated rings. The summed E-state index contributed by atoms with van der Waals surface area (Å²) < 4.78 is 5.13. The highest BCUT2D eigenvalue weighted by molar-refractivity contribution is 5.99. The number of benzene rings is 2. The number of methoxy groups -OCH3 is 1. The van der Waals surface area contributed by atoms with Crippen LogP contribution in [0.15, 0.2) is 48.5 Å². The average Bonchev–Trinajstić information content (AvgIpc) is 3.45. The number of anilines is 1. The van der Waals surface area contributed by atoms with Crippen LogP contribution in [0.5, 0.6) is 5.75 Å². The van der Waals surface area contributed by atoms with Crippen LogP contribution >= 0.6 is 0 Å². The quantitative estimate of drug-likeness (QED) is 0.805. The summed E-state index contributed by atoms with van der Waals surface area (Å²) in [5.41, 5.74) is 3.05. The highest BCUT2D eigenvalue weighted by Gasteiger charge is 2.47. The van der Waals surface area contributed by atoms with Crippen molar-refractivity contribution < 1.29 is 14.3 Å². The highest BCUT2D eigenvalue weighted by atomic mass is 16.5. The van der Waals surface area contributed by atoms with Gasteiger partial charge in [0.15, 0.2) is 0 Å². The highest BCUT2D eigenvalue weighted by Crippen LogP contribution is 2.39. The van der Waals surface area contributed by atoms with Crippen LogP contribution in [0.2, 0.25) is 0 Å². The van der Waals surface area contributed by atoms with Gasteiger partial charge in [-0.25, -0.2) is 0 Å². The average molecular weight is 352 g/mol. The molecule has 0 radical (unpaired) electrons. The molecule has 136 valence electrons. The van der Waals surface area contributed by atoms with E-state index in [0.717, 1.165) is 29.0 Å². The summed E-state index contributed by atoms with van der Waals surface area (Å²) in [4.78, 5) is 24.4. The van der Waals surface area contributed by atoms with Crippen molar-refractivity contribution in [3.63, 3.8) is 0 Å². The van der Waals surface area contributed by atoms with Crippen molar-refractivity contribution in [3.05, 3.63) is 59.7 Å². The van der Waals surface area contributed by atoms with Crippen molar-refractivity contribution in [2.24, 2.45) is 11.8 Å². The van der Waals surface area contributed by atoms with Gasteiger partial charge in [0, 0.05) is 12.2 Å². The van der Waals surface area contributed by atoms with Crippen LogP contribution < -0.4 is 15.4 Å². The predicted molar refractivity (Wildman–Crippen MR) is 101 cm³/mol. The lowest BCUT2D eigenvalue weighted by Gasteiger charge is -2.07.